The second-order valence-electron chi connectivity index (χ2n) is 6.06. The quantitative estimate of drug-likeness (QED) is 0.720. The van der Waals surface area contributed by atoms with Crippen LogP contribution in [0.4, 0.5) is 0 Å². The zero-order chi connectivity index (χ0) is 16.8. The molecule has 0 aromatic rings. The summed E-state index contributed by atoms with van der Waals surface area (Å²) in [6.07, 6.45) is 1.71. The molecule has 23 heavy (non-hydrogen) atoms. The fourth-order valence-electron chi connectivity index (χ4n) is 3.22. The van der Waals surface area contributed by atoms with Crippen LogP contribution in [0.5, 0.6) is 0 Å². The van der Waals surface area contributed by atoms with Crippen LogP contribution < -0.4 is 5.32 Å². The number of esters is 1. The normalized spacial score (nSPS) is 25.4. The van der Waals surface area contributed by atoms with Gasteiger partial charge in [-0.25, -0.2) is 0 Å². The van der Waals surface area contributed by atoms with E-state index in [0.717, 1.165) is 12.8 Å². The largest absolute Gasteiger partial charge is 0.466 e. The van der Waals surface area contributed by atoms with Crippen LogP contribution in [0.1, 0.15) is 33.1 Å². The number of ether oxygens (including phenoxy) is 1. The smallest absolute Gasteiger partial charge is 0.310 e. The molecule has 2 heterocycles. The SMILES string of the molecule is CCOC(=O)C1CCCN(C(=O)CC2NCCN(CC)C2=O)C1. The molecule has 2 saturated heterocycles. The molecule has 7 heteroatoms. The van der Waals surface area contributed by atoms with E-state index in [-0.39, 0.29) is 30.1 Å². The lowest BCUT2D eigenvalue weighted by Crippen LogP contribution is -2.56. The number of nitrogens with zero attached hydrogens (tertiary/aromatic N) is 2. The highest BCUT2D eigenvalue weighted by Crippen LogP contribution is 2.19. The van der Waals surface area contributed by atoms with Crippen molar-refractivity contribution in [3.05, 3.63) is 0 Å². The molecule has 0 radical (unpaired) electrons. The lowest BCUT2D eigenvalue weighted by atomic mass is 9.97. The Labute approximate surface area is 137 Å². The van der Waals surface area contributed by atoms with Crippen molar-refractivity contribution in [3.8, 4) is 0 Å². The Morgan fingerprint density at radius 3 is 2.78 bits per heavy atom. The van der Waals surface area contributed by atoms with Crippen molar-refractivity contribution in [2.75, 3.05) is 39.3 Å². The van der Waals surface area contributed by atoms with E-state index in [1.165, 1.54) is 0 Å². The van der Waals surface area contributed by atoms with Crippen molar-refractivity contribution in [3.63, 3.8) is 0 Å². The molecule has 2 aliphatic rings. The van der Waals surface area contributed by atoms with Gasteiger partial charge in [-0.15, -0.1) is 0 Å². The number of likely N-dealkylation sites (N-methyl/N-ethyl adjacent to an activating group) is 1. The molecule has 1 N–H and O–H groups in total. The van der Waals surface area contributed by atoms with Crippen LogP contribution in [-0.2, 0) is 19.1 Å². The van der Waals surface area contributed by atoms with Crippen molar-refractivity contribution in [2.45, 2.75) is 39.2 Å². The summed E-state index contributed by atoms with van der Waals surface area (Å²) in [6.45, 7) is 7.19. The van der Waals surface area contributed by atoms with Crippen LogP contribution >= 0.6 is 0 Å². The number of hydrogen-bond donors (Lipinski definition) is 1. The van der Waals surface area contributed by atoms with E-state index in [4.69, 9.17) is 4.74 Å². The van der Waals surface area contributed by atoms with Crippen molar-refractivity contribution >= 4 is 17.8 Å². The Hall–Kier alpha value is -1.63. The maximum atomic E-state index is 12.5. The molecule has 2 amide bonds. The fourth-order valence-corrected chi connectivity index (χ4v) is 3.22. The van der Waals surface area contributed by atoms with Crippen molar-refractivity contribution < 1.29 is 19.1 Å². The summed E-state index contributed by atoms with van der Waals surface area (Å²) in [7, 11) is 0. The molecule has 0 aromatic heterocycles. The summed E-state index contributed by atoms with van der Waals surface area (Å²) in [5, 5.41) is 3.13. The first-order valence-electron chi connectivity index (χ1n) is 8.53. The second kappa shape index (κ2) is 8.29. The molecule has 0 aromatic carbocycles. The minimum absolute atomic E-state index is 0.00829. The van der Waals surface area contributed by atoms with Crippen molar-refractivity contribution in [1.82, 2.24) is 15.1 Å². The topological polar surface area (TPSA) is 79.0 Å². The van der Waals surface area contributed by atoms with Crippen LogP contribution in [0.15, 0.2) is 0 Å². The first-order valence-corrected chi connectivity index (χ1v) is 8.53. The molecule has 2 rings (SSSR count). The van der Waals surface area contributed by atoms with Gasteiger partial charge in [0, 0.05) is 32.7 Å². The highest BCUT2D eigenvalue weighted by Gasteiger charge is 2.33. The molecule has 2 unspecified atom stereocenters. The molecule has 0 spiro atoms. The monoisotopic (exact) mass is 325 g/mol. The average Bonchev–Trinajstić information content (AvgIpc) is 2.57. The Morgan fingerprint density at radius 2 is 2.09 bits per heavy atom. The van der Waals surface area contributed by atoms with E-state index >= 15 is 0 Å². The maximum absolute atomic E-state index is 12.5. The predicted molar refractivity (Wildman–Crippen MR) is 84.6 cm³/mol. The van der Waals surface area contributed by atoms with Crippen LogP contribution in [0.3, 0.4) is 0 Å². The molecule has 2 aliphatic heterocycles. The number of carbonyl (C=O) groups excluding carboxylic acids is 3. The number of piperazine rings is 1. The maximum Gasteiger partial charge on any atom is 0.310 e. The standard InChI is InChI=1S/C16H27N3O4/c1-3-18-9-7-17-13(15(18)21)10-14(20)19-8-5-6-12(11-19)16(22)23-4-2/h12-13,17H,3-11H2,1-2H3. The minimum Gasteiger partial charge on any atom is -0.466 e. The van der Waals surface area contributed by atoms with Gasteiger partial charge in [0.25, 0.3) is 0 Å². The Balaban J connectivity index is 1.89. The van der Waals surface area contributed by atoms with Gasteiger partial charge in [0.1, 0.15) is 0 Å². The van der Waals surface area contributed by atoms with E-state index in [1.54, 1.807) is 16.7 Å². The summed E-state index contributed by atoms with van der Waals surface area (Å²) in [6, 6.07) is -0.445. The van der Waals surface area contributed by atoms with Crippen LogP contribution in [0.2, 0.25) is 0 Å². The number of hydrogen-bond acceptors (Lipinski definition) is 5. The third-order valence-electron chi connectivity index (χ3n) is 4.54. The summed E-state index contributed by atoms with van der Waals surface area (Å²) in [5.41, 5.74) is 0. The van der Waals surface area contributed by atoms with Crippen molar-refractivity contribution in [2.24, 2.45) is 5.92 Å². The number of amides is 2. The third-order valence-corrected chi connectivity index (χ3v) is 4.54. The molecular weight excluding hydrogens is 298 g/mol. The van der Waals surface area contributed by atoms with Gasteiger partial charge in [0.05, 0.1) is 25.0 Å². The van der Waals surface area contributed by atoms with Gasteiger partial charge in [-0.05, 0) is 26.7 Å². The van der Waals surface area contributed by atoms with Gasteiger partial charge in [-0.1, -0.05) is 0 Å². The van der Waals surface area contributed by atoms with E-state index in [1.807, 2.05) is 6.92 Å². The molecule has 0 bridgehead atoms. The molecular formula is C16H27N3O4. The predicted octanol–water partition coefficient (Wildman–Crippen LogP) is -0.00150. The lowest BCUT2D eigenvalue weighted by Gasteiger charge is -2.35. The minimum atomic E-state index is -0.445. The highest BCUT2D eigenvalue weighted by molar-refractivity contribution is 5.89. The van der Waals surface area contributed by atoms with E-state index in [2.05, 4.69) is 5.32 Å². The second-order valence-corrected chi connectivity index (χ2v) is 6.06. The number of piperidine rings is 1. The third kappa shape index (κ3) is 4.43. The van der Waals surface area contributed by atoms with Gasteiger partial charge in [0.2, 0.25) is 11.8 Å². The summed E-state index contributed by atoms with van der Waals surface area (Å²) in [4.78, 5) is 40.1. The van der Waals surface area contributed by atoms with Crippen LogP contribution in [-0.4, -0.2) is 73.0 Å². The first-order chi connectivity index (χ1) is 11.1. The zero-order valence-corrected chi connectivity index (χ0v) is 14.0. The number of carbonyl (C=O) groups is 3. The molecule has 0 saturated carbocycles. The molecule has 2 atom stereocenters. The number of likely N-dealkylation sites (tertiary alicyclic amines) is 1. The number of nitrogens with one attached hydrogen (secondary N) is 1. The Bertz CT molecular complexity index is 455. The first kappa shape index (κ1) is 17.7. The zero-order valence-electron chi connectivity index (χ0n) is 14.0. The summed E-state index contributed by atoms with van der Waals surface area (Å²) >= 11 is 0. The van der Waals surface area contributed by atoms with Gasteiger partial charge in [0.15, 0.2) is 0 Å². The van der Waals surface area contributed by atoms with Gasteiger partial charge in [-0.2, -0.15) is 0 Å². The van der Waals surface area contributed by atoms with Gasteiger partial charge >= 0.3 is 5.97 Å². The van der Waals surface area contributed by atoms with E-state index in [0.29, 0.717) is 39.3 Å². The van der Waals surface area contributed by atoms with Crippen LogP contribution in [0.25, 0.3) is 0 Å². The molecule has 7 nitrogen and oxygen atoms in total. The Morgan fingerprint density at radius 1 is 1.30 bits per heavy atom. The van der Waals surface area contributed by atoms with Crippen LogP contribution in [0, 0.1) is 5.92 Å². The number of rotatable bonds is 5. The molecule has 130 valence electrons. The van der Waals surface area contributed by atoms with E-state index in [9.17, 15) is 14.4 Å². The fraction of sp³-hybridized carbons (Fsp3) is 0.812. The average molecular weight is 325 g/mol. The van der Waals surface area contributed by atoms with Crippen molar-refractivity contribution in [1.29, 1.82) is 0 Å². The molecule has 2 fully saturated rings. The summed E-state index contributed by atoms with van der Waals surface area (Å²) < 4.78 is 5.06. The van der Waals surface area contributed by atoms with E-state index < -0.39 is 6.04 Å². The Kier molecular flexibility index (Phi) is 6.38. The molecule has 0 aliphatic carbocycles. The van der Waals surface area contributed by atoms with Gasteiger partial charge in [-0.3, -0.25) is 14.4 Å². The highest BCUT2D eigenvalue weighted by atomic mass is 16.5. The lowest BCUT2D eigenvalue weighted by molar-refractivity contribution is -0.152. The summed E-state index contributed by atoms with van der Waals surface area (Å²) in [5.74, 6) is -0.544. The van der Waals surface area contributed by atoms with Gasteiger partial charge < -0.3 is 19.9 Å².